The average molecular weight is 458 g/mol. The summed E-state index contributed by atoms with van der Waals surface area (Å²) < 4.78 is 5.66. The monoisotopic (exact) mass is 458 g/mol. The number of amides is 1. The maximum absolute atomic E-state index is 12.3. The molecule has 0 atom stereocenters. The van der Waals surface area contributed by atoms with Gasteiger partial charge in [-0.25, -0.2) is 4.79 Å². The maximum atomic E-state index is 12.3. The molecule has 1 aliphatic carbocycles. The molecular formula is C20H31IN2O2. The second-order valence-electron chi connectivity index (χ2n) is 7.01. The number of hydrogen-bond donors (Lipinski definition) is 0. The van der Waals surface area contributed by atoms with E-state index in [1.54, 1.807) is 0 Å². The van der Waals surface area contributed by atoms with Crippen LogP contribution in [0.1, 0.15) is 56.4 Å². The number of carbonyl (C=O) groups is 1. The predicted molar refractivity (Wildman–Crippen MR) is 113 cm³/mol. The Morgan fingerprint density at radius 3 is 2.32 bits per heavy atom. The number of hydrogen-bond acceptors (Lipinski definition) is 3. The van der Waals surface area contributed by atoms with Crippen LogP contribution in [0.15, 0.2) is 18.2 Å². The van der Waals surface area contributed by atoms with Gasteiger partial charge in [-0.15, -0.1) is 0 Å². The lowest BCUT2D eigenvalue weighted by atomic mass is 9.95. The molecule has 140 valence electrons. The van der Waals surface area contributed by atoms with Crippen LogP contribution in [0, 0.1) is 0 Å². The van der Waals surface area contributed by atoms with Crippen molar-refractivity contribution < 1.29 is 9.53 Å². The van der Waals surface area contributed by atoms with Crippen LogP contribution in [0.25, 0.3) is 0 Å². The van der Waals surface area contributed by atoms with Gasteiger partial charge in [0.1, 0.15) is 5.75 Å². The van der Waals surface area contributed by atoms with Crippen LogP contribution in [-0.4, -0.2) is 43.1 Å². The van der Waals surface area contributed by atoms with Crippen molar-refractivity contribution in [3.63, 3.8) is 0 Å². The molecule has 4 nitrogen and oxygen atoms in total. The molecule has 1 saturated carbocycles. The summed E-state index contributed by atoms with van der Waals surface area (Å²) in [5.41, 5.74) is 2.58. The van der Waals surface area contributed by atoms with Gasteiger partial charge in [-0.3, -0.25) is 0 Å². The van der Waals surface area contributed by atoms with Crippen LogP contribution in [0.4, 0.5) is 10.5 Å². The van der Waals surface area contributed by atoms with Crippen molar-refractivity contribution in [2.24, 2.45) is 0 Å². The third-order valence-corrected chi connectivity index (χ3v) is 5.10. The van der Waals surface area contributed by atoms with Gasteiger partial charge in [-0.1, -0.05) is 35.4 Å². The Bertz CT molecular complexity index is 551. The van der Waals surface area contributed by atoms with Gasteiger partial charge in [0.2, 0.25) is 0 Å². The molecule has 1 aliphatic heterocycles. The minimum Gasteiger partial charge on any atom is -0.410 e. The number of ether oxygens (including phenoxy) is 1. The molecular weight excluding hydrogens is 427 g/mol. The van der Waals surface area contributed by atoms with Crippen molar-refractivity contribution in [2.45, 2.75) is 50.9 Å². The zero-order chi connectivity index (χ0) is 18.2. The Labute approximate surface area is 166 Å². The number of piperidine rings is 1. The first-order valence-corrected chi connectivity index (χ1v) is 11.5. The average Bonchev–Trinajstić information content (AvgIpc) is 3.18. The van der Waals surface area contributed by atoms with E-state index >= 15 is 0 Å². The molecule has 3 rings (SSSR count). The van der Waals surface area contributed by atoms with Gasteiger partial charge in [0.05, 0.1) is 0 Å². The van der Waals surface area contributed by atoms with Crippen LogP contribution in [0.3, 0.4) is 0 Å². The fourth-order valence-corrected chi connectivity index (χ4v) is 3.81. The fourth-order valence-electron chi connectivity index (χ4n) is 3.81. The van der Waals surface area contributed by atoms with E-state index in [0.29, 0.717) is 11.7 Å². The second-order valence-corrected chi connectivity index (χ2v) is 7.01. The molecule has 5 heteroatoms. The molecule has 0 N–H and O–H groups in total. The number of benzene rings is 1. The third kappa shape index (κ3) is 5.50. The van der Waals surface area contributed by atoms with E-state index in [1.807, 2.05) is 15.9 Å². The molecule has 1 aromatic carbocycles. The van der Waals surface area contributed by atoms with Crippen LogP contribution in [-0.2, 0) is 0 Å². The summed E-state index contributed by atoms with van der Waals surface area (Å²) in [4.78, 5) is 18.3. The predicted octanol–water partition coefficient (Wildman–Crippen LogP) is 5.45. The van der Waals surface area contributed by atoms with Crippen molar-refractivity contribution in [1.82, 2.24) is 4.90 Å². The molecule has 0 aromatic heterocycles. The topological polar surface area (TPSA) is 32.8 Å². The molecule has 1 aromatic rings. The zero-order valence-electron chi connectivity index (χ0n) is 15.8. The Morgan fingerprint density at radius 2 is 1.72 bits per heavy atom. The smallest absolute Gasteiger partial charge is 0.410 e. The fraction of sp³-hybridized carbons (Fsp3) is 0.650. The number of anilines is 1. The maximum Gasteiger partial charge on any atom is 0.415 e. The van der Waals surface area contributed by atoms with E-state index in [4.69, 9.17) is 4.74 Å². The van der Waals surface area contributed by atoms with Crippen molar-refractivity contribution in [1.29, 1.82) is 0 Å². The van der Waals surface area contributed by atoms with Crippen molar-refractivity contribution >= 4 is 34.4 Å². The SMILES string of the molecule is CI.CN(C)c1ccc(OC(=O)N2CCCCC2)cc1C1CCCC1. The van der Waals surface area contributed by atoms with Gasteiger partial charge in [0, 0.05) is 32.9 Å². The molecule has 2 aliphatic rings. The highest BCUT2D eigenvalue weighted by atomic mass is 127. The van der Waals surface area contributed by atoms with E-state index in [-0.39, 0.29) is 6.09 Å². The van der Waals surface area contributed by atoms with Crippen molar-refractivity contribution in [2.75, 3.05) is 37.0 Å². The summed E-state index contributed by atoms with van der Waals surface area (Å²) in [7, 11) is 4.15. The molecule has 1 saturated heterocycles. The molecule has 1 heterocycles. The number of rotatable bonds is 3. The number of likely N-dealkylation sites (tertiary alicyclic amines) is 1. The summed E-state index contributed by atoms with van der Waals surface area (Å²) in [6.07, 6.45) is 8.27. The van der Waals surface area contributed by atoms with Crippen molar-refractivity contribution in [3.05, 3.63) is 23.8 Å². The van der Waals surface area contributed by atoms with Crippen molar-refractivity contribution in [3.8, 4) is 5.75 Å². The molecule has 25 heavy (non-hydrogen) atoms. The highest BCUT2D eigenvalue weighted by Gasteiger charge is 2.23. The van der Waals surface area contributed by atoms with Gasteiger partial charge in [0.15, 0.2) is 0 Å². The second kappa shape index (κ2) is 10.2. The standard InChI is InChI=1S/C19H28N2O2.CH3I/c1-20(2)18-11-10-16(14-17(18)15-8-4-5-9-15)23-19(22)21-12-6-3-7-13-21;1-2/h10-11,14-15H,3-9,12-13H2,1-2H3;1H3. The first-order chi connectivity index (χ1) is 12.1. The Kier molecular flexibility index (Phi) is 8.33. The molecule has 2 fully saturated rings. The van der Waals surface area contributed by atoms with E-state index < -0.39 is 0 Å². The summed E-state index contributed by atoms with van der Waals surface area (Å²) in [5.74, 6) is 1.29. The van der Waals surface area contributed by atoms with E-state index in [0.717, 1.165) is 25.9 Å². The Morgan fingerprint density at radius 1 is 1.08 bits per heavy atom. The highest BCUT2D eigenvalue weighted by Crippen LogP contribution is 2.40. The lowest BCUT2D eigenvalue weighted by molar-refractivity contribution is 0.142. The summed E-state index contributed by atoms with van der Waals surface area (Å²) in [5, 5.41) is 0. The van der Waals surface area contributed by atoms with E-state index in [2.05, 4.69) is 53.7 Å². The summed E-state index contributed by atoms with van der Waals surface area (Å²) >= 11 is 2.15. The first kappa shape index (κ1) is 20.3. The molecule has 0 bridgehead atoms. The normalized spacial score (nSPS) is 17.7. The summed E-state index contributed by atoms with van der Waals surface area (Å²) in [6.45, 7) is 1.65. The Balaban J connectivity index is 0.00000109. The molecule has 1 amide bonds. The number of halogens is 1. The summed E-state index contributed by atoms with van der Waals surface area (Å²) in [6, 6.07) is 6.11. The van der Waals surface area contributed by atoms with Gasteiger partial charge < -0.3 is 14.5 Å². The van der Waals surface area contributed by atoms with Gasteiger partial charge >= 0.3 is 6.09 Å². The number of nitrogens with zero attached hydrogens (tertiary/aromatic N) is 2. The van der Waals surface area contributed by atoms with Gasteiger partial charge in [-0.05, 0) is 66.7 Å². The first-order valence-electron chi connectivity index (χ1n) is 9.31. The highest BCUT2D eigenvalue weighted by molar-refractivity contribution is 14.1. The van der Waals surface area contributed by atoms with Crippen LogP contribution < -0.4 is 9.64 Å². The lowest BCUT2D eigenvalue weighted by Crippen LogP contribution is -2.37. The van der Waals surface area contributed by atoms with Crippen LogP contribution in [0.5, 0.6) is 5.75 Å². The van der Waals surface area contributed by atoms with Crippen LogP contribution in [0.2, 0.25) is 0 Å². The van der Waals surface area contributed by atoms with Gasteiger partial charge in [-0.2, -0.15) is 0 Å². The lowest BCUT2D eigenvalue weighted by Gasteiger charge is -2.26. The third-order valence-electron chi connectivity index (χ3n) is 5.10. The minimum absolute atomic E-state index is 0.195. The minimum atomic E-state index is -0.195. The molecule has 0 unspecified atom stereocenters. The van der Waals surface area contributed by atoms with E-state index in [1.165, 1.54) is 43.4 Å². The molecule has 0 spiro atoms. The zero-order valence-corrected chi connectivity index (χ0v) is 17.9. The Hall–Kier alpha value is -0.980. The van der Waals surface area contributed by atoms with Crippen LogP contribution >= 0.6 is 22.6 Å². The van der Waals surface area contributed by atoms with Gasteiger partial charge in [0.25, 0.3) is 0 Å². The number of alkyl halides is 1. The van der Waals surface area contributed by atoms with E-state index in [9.17, 15) is 4.79 Å². The molecule has 0 radical (unpaired) electrons. The number of carbonyl (C=O) groups excluding carboxylic acids is 1. The largest absolute Gasteiger partial charge is 0.415 e. The quantitative estimate of drug-likeness (QED) is 0.446.